The topological polar surface area (TPSA) is 38.3 Å². The van der Waals surface area contributed by atoms with Crippen LogP contribution in [-0.4, -0.2) is 19.6 Å². The summed E-state index contributed by atoms with van der Waals surface area (Å²) in [5.41, 5.74) is 1.80. The molecule has 0 heterocycles. The van der Waals surface area contributed by atoms with E-state index in [-0.39, 0.29) is 5.91 Å². The predicted molar refractivity (Wildman–Crippen MR) is 74.3 cm³/mol. The molecule has 0 atom stereocenters. The van der Waals surface area contributed by atoms with E-state index >= 15 is 0 Å². The molecule has 1 N–H and O–H groups in total. The number of rotatable bonds is 5. The summed E-state index contributed by atoms with van der Waals surface area (Å²) < 4.78 is 5.10. The molecule has 1 radical (unpaired) electrons. The minimum atomic E-state index is -0.0820. The monoisotopic (exact) mass is 254 g/mol. The van der Waals surface area contributed by atoms with Crippen LogP contribution in [0.15, 0.2) is 48.5 Å². The molecule has 0 aliphatic heterocycles. The van der Waals surface area contributed by atoms with Gasteiger partial charge >= 0.3 is 0 Å². The number of hydrogen-bond donors (Lipinski definition) is 1. The van der Waals surface area contributed by atoms with Crippen LogP contribution in [-0.2, 0) is 6.42 Å². The van der Waals surface area contributed by atoms with Crippen LogP contribution in [0.5, 0.6) is 5.75 Å². The van der Waals surface area contributed by atoms with Gasteiger partial charge in [0.05, 0.1) is 7.11 Å². The summed E-state index contributed by atoms with van der Waals surface area (Å²) in [5, 5.41) is 2.89. The highest BCUT2D eigenvalue weighted by atomic mass is 16.5. The zero-order chi connectivity index (χ0) is 13.5. The van der Waals surface area contributed by atoms with Crippen molar-refractivity contribution in [2.45, 2.75) is 6.42 Å². The van der Waals surface area contributed by atoms with Gasteiger partial charge in [-0.1, -0.05) is 30.3 Å². The molecule has 2 aromatic rings. The van der Waals surface area contributed by atoms with Crippen molar-refractivity contribution in [1.29, 1.82) is 0 Å². The lowest BCUT2D eigenvalue weighted by atomic mass is 10.1. The van der Waals surface area contributed by atoms with E-state index in [0.29, 0.717) is 17.9 Å². The molecule has 0 fully saturated rings. The van der Waals surface area contributed by atoms with Crippen molar-refractivity contribution in [3.63, 3.8) is 0 Å². The minimum Gasteiger partial charge on any atom is -0.497 e. The van der Waals surface area contributed by atoms with E-state index in [0.717, 1.165) is 6.42 Å². The van der Waals surface area contributed by atoms with Crippen molar-refractivity contribution < 1.29 is 9.53 Å². The smallest absolute Gasteiger partial charge is 0.251 e. The Morgan fingerprint density at radius 3 is 2.79 bits per heavy atom. The molecule has 2 aromatic carbocycles. The van der Waals surface area contributed by atoms with E-state index in [4.69, 9.17) is 4.74 Å². The molecule has 0 saturated carbocycles. The molecule has 0 saturated heterocycles. The van der Waals surface area contributed by atoms with E-state index in [1.165, 1.54) is 5.56 Å². The summed E-state index contributed by atoms with van der Waals surface area (Å²) in [4.78, 5) is 11.9. The molecule has 1 amide bonds. The lowest BCUT2D eigenvalue weighted by molar-refractivity contribution is 0.0954. The predicted octanol–water partition coefficient (Wildman–Crippen LogP) is 2.47. The van der Waals surface area contributed by atoms with Crippen molar-refractivity contribution in [3.05, 3.63) is 65.7 Å². The van der Waals surface area contributed by atoms with E-state index in [1.54, 1.807) is 25.3 Å². The minimum absolute atomic E-state index is 0.0820. The first-order valence-electron chi connectivity index (χ1n) is 6.17. The molecule has 0 unspecified atom stereocenters. The second kappa shape index (κ2) is 6.59. The van der Waals surface area contributed by atoms with Crippen molar-refractivity contribution >= 4 is 5.91 Å². The normalized spacial score (nSPS) is 9.95. The summed E-state index contributed by atoms with van der Waals surface area (Å²) in [7, 11) is 1.59. The van der Waals surface area contributed by atoms with Crippen molar-refractivity contribution in [1.82, 2.24) is 5.32 Å². The second-order valence-corrected chi connectivity index (χ2v) is 4.15. The van der Waals surface area contributed by atoms with E-state index in [2.05, 4.69) is 11.4 Å². The Morgan fingerprint density at radius 2 is 2.05 bits per heavy atom. The van der Waals surface area contributed by atoms with Gasteiger partial charge in [0.1, 0.15) is 5.75 Å². The molecule has 3 heteroatoms. The van der Waals surface area contributed by atoms with Crippen molar-refractivity contribution in [3.8, 4) is 5.75 Å². The number of hydrogen-bond acceptors (Lipinski definition) is 2. The summed E-state index contributed by atoms with van der Waals surface area (Å²) in [6, 6.07) is 17.8. The zero-order valence-electron chi connectivity index (χ0n) is 10.8. The number of carbonyl (C=O) groups is 1. The van der Waals surface area contributed by atoms with Gasteiger partial charge in [-0.15, -0.1) is 0 Å². The molecule has 0 aliphatic rings. The molecule has 19 heavy (non-hydrogen) atoms. The highest BCUT2D eigenvalue weighted by Crippen LogP contribution is 2.12. The Balaban J connectivity index is 1.87. The van der Waals surface area contributed by atoms with Crippen LogP contribution in [0, 0.1) is 6.07 Å². The first kappa shape index (κ1) is 13.1. The summed E-state index contributed by atoms with van der Waals surface area (Å²) >= 11 is 0. The van der Waals surface area contributed by atoms with Crippen molar-refractivity contribution in [2.24, 2.45) is 0 Å². The SMILES string of the molecule is COc1cccc(C(=O)NCCc2cc[c]cc2)c1. The molecular formula is C16H16NO2. The Bertz CT molecular complexity index is 537. The van der Waals surface area contributed by atoms with Crippen LogP contribution in [0.2, 0.25) is 0 Å². The van der Waals surface area contributed by atoms with Crippen LogP contribution < -0.4 is 10.1 Å². The van der Waals surface area contributed by atoms with E-state index < -0.39 is 0 Å². The maximum Gasteiger partial charge on any atom is 0.251 e. The Hall–Kier alpha value is -2.29. The summed E-state index contributed by atoms with van der Waals surface area (Å²) in [6.07, 6.45) is 0.810. The van der Waals surface area contributed by atoms with Gasteiger partial charge in [-0.05, 0) is 36.2 Å². The largest absolute Gasteiger partial charge is 0.497 e. The van der Waals surface area contributed by atoms with Crippen LogP contribution in [0.4, 0.5) is 0 Å². The third-order valence-electron chi connectivity index (χ3n) is 2.82. The molecule has 3 nitrogen and oxygen atoms in total. The van der Waals surface area contributed by atoms with Gasteiger partial charge in [0.25, 0.3) is 5.91 Å². The van der Waals surface area contributed by atoms with E-state index in [1.807, 2.05) is 30.3 Å². The zero-order valence-corrected chi connectivity index (χ0v) is 10.8. The standard InChI is InChI=1S/C16H16NO2/c1-19-15-9-5-8-14(12-15)16(18)17-11-10-13-6-3-2-4-7-13/h3-9,12H,10-11H2,1H3,(H,17,18). The van der Waals surface area contributed by atoms with Gasteiger partial charge in [-0.25, -0.2) is 0 Å². The molecule has 0 bridgehead atoms. The maximum atomic E-state index is 11.9. The fraction of sp³-hybridized carbons (Fsp3) is 0.188. The molecular weight excluding hydrogens is 238 g/mol. The molecule has 0 spiro atoms. The van der Waals surface area contributed by atoms with Crippen molar-refractivity contribution in [2.75, 3.05) is 13.7 Å². The number of methoxy groups -OCH3 is 1. The van der Waals surface area contributed by atoms with Gasteiger partial charge in [-0.3, -0.25) is 4.79 Å². The van der Waals surface area contributed by atoms with Crippen LogP contribution in [0.25, 0.3) is 0 Å². The Labute approximate surface area is 113 Å². The van der Waals surface area contributed by atoms with Gasteiger partial charge in [-0.2, -0.15) is 0 Å². The summed E-state index contributed by atoms with van der Waals surface area (Å²) in [5.74, 6) is 0.604. The summed E-state index contributed by atoms with van der Waals surface area (Å²) in [6.45, 7) is 0.611. The number of amides is 1. The Kier molecular flexibility index (Phi) is 4.56. The third kappa shape index (κ3) is 3.85. The number of nitrogens with one attached hydrogen (secondary N) is 1. The van der Waals surface area contributed by atoms with Gasteiger partial charge in [0.15, 0.2) is 0 Å². The molecule has 0 aliphatic carbocycles. The van der Waals surface area contributed by atoms with Crippen LogP contribution in [0.3, 0.4) is 0 Å². The maximum absolute atomic E-state index is 11.9. The average molecular weight is 254 g/mol. The van der Waals surface area contributed by atoms with Gasteiger partial charge in [0.2, 0.25) is 0 Å². The fourth-order valence-corrected chi connectivity index (χ4v) is 1.77. The number of benzene rings is 2. The third-order valence-corrected chi connectivity index (χ3v) is 2.82. The average Bonchev–Trinajstić information content (AvgIpc) is 2.48. The van der Waals surface area contributed by atoms with Gasteiger partial charge in [0, 0.05) is 12.1 Å². The Morgan fingerprint density at radius 1 is 1.26 bits per heavy atom. The van der Waals surface area contributed by atoms with Crippen LogP contribution in [0.1, 0.15) is 15.9 Å². The lowest BCUT2D eigenvalue weighted by Gasteiger charge is -2.06. The highest BCUT2D eigenvalue weighted by Gasteiger charge is 2.05. The number of ether oxygens (including phenoxy) is 1. The van der Waals surface area contributed by atoms with E-state index in [9.17, 15) is 4.79 Å². The first-order valence-corrected chi connectivity index (χ1v) is 6.17. The fourth-order valence-electron chi connectivity index (χ4n) is 1.77. The second-order valence-electron chi connectivity index (χ2n) is 4.15. The molecule has 0 aromatic heterocycles. The van der Waals surface area contributed by atoms with Crippen LogP contribution >= 0.6 is 0 Å². The molecule has 97 valence electrons. The molecule has 2 rings (SSSR count). The first-order chi connectivity index (χ1) is 9.29. The van der Waals surface area contributed by atoms with Gasteiger partial charge < -0.3 is 10.1 Å². The highest BCUT2D eigenvalue weighted by molar-refractivity contribution is 5.94. The quantitative estimate of drug-likeness (QED) is 0.890. The number of carbonyl (C=O) groups excluding carboxylic acids is 1. The lowest BCUT2D eigenvalue weighted by Crippen LogP contribution is -2.25.